The molecule has 0 saturated heterocycles. The standard InChI is InChI=1S/C21H26N4O3S2/c1-15-6-8-16(9-7-15)11-13-30(27,28)25-12-10-18-19(14-25)29-21(23-18)24-20(26)22-17-4-2-3-5-17/h6-9,11,13,17H,2-5,10,12,14H2,1H3,(H2,22,23,24,26)/b13-11+. The van der Waals surface area contributed by atoms with E-state index in [1.54, 1.807) is 6.08 Å². The molecule has 2 aromatic rings. The summed E-state index contributed by atoms with van der Waals surface area (Å²) in [7, 11) is -3.53. The average molecular weight is 447 g/mol. The Balaban J connectivity index is 1.39. The van der Waals surface area contributed by atoms with Crippen LogP contribution >= 0.6 is 11.3 Å². The Bertz CT molecular complexity index is 1040. The number of nitrogens with one attached hydrogen (secondary N) is 2. The maximum atomic E-state index is 12.8. The summed E-state index contributed by atoms with van der Waals surface area (Å²) in [6, 6.07) is 7.70. The van der Waals surface area contributed by atoms with E-state index in [4.69, 9.17) is 0 Å². The summed E-state index contributed by atoms with van der Waals surface area (Å²) in [5.41, 5.74) is 2.84. The van der Waals surface area contributed by atoms with Crippen LogP contribution in [-0.4, -0.2) is 36.3 Å². The van der Waals surface area contributed by atoms with Crippen LogP contribution in [0.1, 0.15) is 47.4 Å². The summed E-state index contributed by atoms with van der Waals surface area (Å²) < 4.78 is 27.0. The van der Waals surface area contributed by atoms with Crippen molar-refractivity contribution in [1.82, 2.24) is 14.6 Å². The Morgan fingerprint density at radius 2 is 1.97 bits per heavy atom. The van der Waals surface area contributed by atoms with E-state index in [1.165, 1.54) is 21.1 Å². The fourth-order valence-electron chi connectivity index (χ4n) is 3.76. The first-order valence-corrected chi connectivity index (χ1v) is 12.5. The molecule has 1 aromatic heterocycles. The lowest BCUT2D eigenvalue weighted by Gasteiger charge is -2.23. The van der Waals surface area contributed by atoms with Crippen LogP contribution in [0, 0.1) is 6.92 Å². The second-order valence-corrected chi connectivity index (χ2v) is 10.7. The first-order valence-electron chi connectivity index (χ1n) is 10.2. The summed E-state index contributed by atoms with van der Waals surface area (Å²) in [4.78, 5) is 17.5. The van der Waals surface area contributed by atoms with Gasteiger partial charge in [-0.25, -0.2) is 18.2 Å². The molecular formula is C21H26N4O3S2. The normalized spacial score (nSPS) is 17.9. The van der Waals surface area contributed by atoms with Crippen LogP contribution in [0.25, 0.3) is 6.08 Å². The molecule has 30 heavy (non-hydrogen) atoms. The van der Waals surface area contributed by atoms with Crippen LogP contribution in [0.3, 0.4) is 0 Å². The molecule has 9 heteroatoms. The van der Waals surface area contributed by atoms with Crippen LogP contribution in [0.15, 0.2) is 29.7 Å². The number of fused-ring (bicyclic) bond motifs is 1. The van der Waals surface area contributed by atoms with Crippen LogP contribution in [0.4, 0.5) is 9.93 Å². The van der Waals surface area contributed by atoms with E-state index in [9.17, 15) is 13.2 Å². The molecule has 4 rings (SSSR count). The maximum Gasteiger partial charge on any atom is 0.321 e. The molecular weight excluding hydrogens is 420 g/mol. The van der Waals surface area contributed by atoms with E-state index in [1.807, 2.05) is 31.2 Å². The lowest BCUT2D eigenvalue weighted by Crippen LogP contribution is -2.36. The Morgan fingerprint density at radius 1 is 1.23 bits per heavy atom. The number of anilines is 1. The molecule has 1 fully saturated rings. The van der Waals surface area contributed by atoms with Crippen molar-refractivity contribution in [2.45, 2.75) is 51.6 Å². The third-order valence-electron chi connectivity index (χ3n) is 5.48. The summed E-state index contributed by atoms with van der Waals surface area (Å²) in [6.45, 7) is 2.65. The van der Waals surface area contributed by atoms with Gasteiger partial charge < -0.3 is 5.32 Å². The van der Waals surface area contributed by atoms with E-state index in [0.29, 0.717) is 18.1 Å². The zero-order valence-electron chi connectivity index (χ0n) is 16.9. The highest BCUT2D eigenvalue weighted by Crippen LogP contribution is 2.30. The molecule has 0 radical (unpaired) electrons. The minimum Gasteiger partial charge on any atom is -0.335 e. The number of aromatic nitrogens is 1. The lowest BCUT2D eigenvalue weighted by atomic mass is 10.2. The number of carbonyl (C=O) groups excluding carboxylic acids is 1. The van der Waals surface area contributed by atoms with Gasteiger partial charge in [0.2, 0.25) is 10.0 Å². The number of hydrogen-bond acceptors (Lipinski definition) is 5. The van der Waals surface area contributed by atoms with Crippen LogP contribution in [0.2, 0.25) is 0 Å². The number of carbonyl (C=O) groups is 1. The number of aryl methyl sites for hydroxylation is 1. The summed E-state index contributed by atoms with van der Waals surface area (Å²) in [5, 5.41) is 7.56. The highest BCUT2D eigenvalue weighted by Gasteiger charge is 2.28. The van der Waals surface area contributed by atoms with Gasteiger partial charge in [-0.1, -0.05) is 54.0 Å². The van der Waals surface area contributed by atoms with Crippen LogP contribution in [0.5, 0.6) is 0 Å². The van der Waals surface area contributed by atoms with Crippen molar-refractivity contribution >= 4 is 38.6 Å². The van der Waals surface area contributed by atoms with Gasteiger partial charge in [0.25, 0.3) is 0 Å². The summed E-state index contributed by atoms with van der Waals surface area (Å²) in [5.74, 6) is 0. The molecule has 0 spiro atoms. The maximum absolute atomic E-state index is 12.8. The summed E-state index contributed by atoms with van der Waals surface area (Å²) >= 11 is 1.34. The van der Waals surface area contributed by atoms with Gasteiger partial charge in [0.15, 0.2) is 5.13 Å². The molecule has 2 aliphatic rings. The number of urea groups is 1. The third kappa shape index (κ3) is 5.08. The zero-order valence-corrected chi connectivity index (χ0v) is 18.6. The van der Waals surface area contributed by atoms with Crippen LogP contribution in [-0.2, 0) is 23.0 Å². The molecule has 1 aromatic carbocycles. The van der Waals surface area contributed by atoms with Gasteiger partial charge in [-0.15, -0.1) is 0 Å². The Labute approximate surface area is 181 Å². The lowest BCUT2D eigenvalue weighted by molar-refractivity contribution is 0.248. The Morgan fingerprint density at radius 3 is 2.70 bits per heavy atom. The predicted octanol–water partition coefficient (Wildman–Crippen LogP) is 3.87. The number of hydrogen-bond donors (Lipinski definition) is 2. The molecule has 2 amide bonds. The van der Waals surface area contributed by atoms with E-state index in [2.05, 4.69) is 15.6 Å². The first kappa shape index (κ1) is 21.0. The Kier molecular flexibility index (Phi) is 6.21. The topological polar surface area (TPSA) is 91.4 Å². The van der Waals surface area contributed by atoms with Gasteiger partial charge >= 0.3 is 6.03 Å². The van der Waals surface area contributed by atoms with E-state index in [0.717, 1.165) is 47.4 Å². The number of sulfonamides is 1. The van der Waals surface area contributed by atoms with Crippen molar-refractivity contribution in [3.8, 4) is 0 Å². The van der Waals surface area contributed by atoms with Gasteiger partial charge in [0, 0.05) is 29.3 Å². The number of nitrogens with zero attached hydrogens (tertiary/aromatic N) is 2. The smallest absolute Gasteiger partial charge is 0.321 e. The van der Waals surface area contributed by atoms with Gasteiger partial charge in [-0.2, -0.15) is 4.31 Å². The summed E-state index contributed by atoms with van der Waals surface area (Å²) in [6.07, 6.45) is 6.50. The third-order valence-corrected chi connectivity index (χ3v) is 7.99. The second kappa shape index (κ2) is 8.87. The van der Waals surface area contributed by atoms with E-state index < -0.39 is 10.0 Å². The van der Waals surface area contributed by atoms with Gasteiger partial charge in [0.05, 0.1) is 12.2 Å². The highest BCUT2D eigenvalue weighted by molar-refractivity contribution is 7.92. The van der Waals surface area contributed by atoms with E-state index in [-0.39, 0.29) is 18.6 Å². The molecule has 7 nitrogen and oxygen atoms in total. The average Bonchev–Trinajstić information content (AvgIpc) is 3.36. The molecule has 1 aliphatic carbocycles. The van der Waals surface area contributed by atoms with Crippen molar-refractivity contribution in [1.29, 1.82) is 0 Å². The van der Waals surface area contributed by atoms with Gasteiger partial charge in [0.1, 0.15) is 0 Å². The zero-order chi connectivity index (χ0) is 21.1. The number of amides is 2. The monoisotopic (exact) mass is 446 g/mol. The molecule has 1 aliphatic heterocycles. The number of benzene rings is 1. The molecule has 2 heterocycles. The van der Waals surface area contributed by atoms with Gasteiger partial charge in [-0.3, -0.25) is 5.32 Å². The molecule has 0 atom stereocenters. The minimum absolute atomic E-state index is 0.237. The van der Waals surface area contributed by atoms with Crippen molar-refractivity contribution in [2.24, 2.45) is 0 Å². The fraction of sp³-hybridized carbons (Fsp3) is 0.429. The Hall–Kier alpha value is -2.23. The van der Waals surface area contributed by atoms with Crippen molar-refractivity contribution in [3.05, 3.63) is 51.4 Å². The molecule has 2 N–H and O–H groups in total. The molecule has 0 bridgehead atoms. The minimum atomic E-state index is -3.53. The highest BCUT2D eigenvalue weighted by atomic mass is 32.2. The quantitative estimate of drug-likeness (QED) is 0.729. The number of rotatable bonds is 5. The fourth-order valence-corrected chi connectivity index (χ4v) is 6.02. The molecule has 1 saturated carbocycles. The molecule has 0 unspecified atom stereocenters. The predicted molar refractivity (Wildman–Crippen MR) is 120 cm³/mol. The molecule has 160 valence electrons. The SMILES string of the molecule is Cc1ccc(/C=C/S(=O)(=O)N2CCc3nc(NC(=O)NC4CCCC4)sc3C2)cc1. The van der Waals surface area contributed by atoms with E-state index >= 15 is 0 Å². The largest absolute Gasteiger partial charge is 0.335 e. The second-order valence-electron chi connectivity index (χ2n) is 7.81. The van der Waals surface area contributed by atoms with Crippen molar-refractivity contribution < 1.29 is 13.2 Å². The van der Waals surface area contributed by atoms with Crippen LogP contribution < -0.4 is 10.6 Å². The first-order chi connectivity index (χ1) is 14.4. The van der Waals surface area contributed by atoms with Gasteiger partial charge in [-0.05, 0) is 31.4 Å². The van der Waals surface area contributed by atoms with Crippen molar-refractivity contribution in [2.75, 3.05) is 11.9 Å². The van der Waals surface area contributed by atoms with Crippen molar-refractivity contribution in [3.63, 3.8) is 0 Å². The number of thiazole rings is 1.